The lowest BCUT2D eigenvalue weighted by Crippen LogP contribution is -2.20. The van der Waals surface area contributed by atoms with Gasteiger partial charge in [-0.15, -0.1) is 0 Å². The van der Waals surface area contributed by atoms with E-state index in [1.54, 1.807) is 0 Å². The molecule has 1 unspecified atom stereocenters. The Bertz CT molecular complexity index is 337. The van der Waals surface area contributed by atoms with E-state index in [9.17, 15) is 9.59 Å². The molecule has 0 aromatic heterocycles. The fraction of sp³-hybridized carbons (Fsp3) is 0.900. The second-order valence-corrected chi connectivity index (χ2v) is 7.73. The molecule has 0 aliphatic rings. The zero-order valence-electron chi connectivity index (χ0n) is 16.2. The minimum atomic E-state index is -0.807. The van der Waals surface area contributed by atoms with Crippen LogP contribution in [0.15, 0.2) is 0 Å². The first-order chi connectivity index (χ1) is 11.3. The van der Waals surface area contributed by atoms with Crippen LogP contribution in [0.5, 0.6) is 0 Å². The summed E-state index contributed by atoms with van der Waals surface area (Å²) in [5.74, 6) is 0.306. The first kappa shape index (κ1) is 22.9. The Kier molecular flexibility index (Phi) is 13.7. The van der Waals surface area contributed by atoms with Crippen LogP contribution in [-0.2, 0) is 14.3 Å². The van der Waals surface area contributed by atoms with Crippen LogP contribution in [-0.4, -0.2) is 23.1 Å². The van der Waals surface area contributed by atoms with Crippen molar-refractivity contribution in [2.45, 2.75) is 104 Å². The Morgan fingerprint density at radius 2 is 1.38 bits per heavy atom. The Labute approximate surface area is 148 Å². The highest BCUT2D eigenvalue weighted by Crippen LogP contribution is 2.18. The van der Waals surface area contributed by atoms with Crippen LogP contribution in [0.25, 0.3) is 0 Å². The third-order valence-electron chi connectivity index (χ3n) is 4.11. The molecule has 0 aliphatic carbocycles. The number of aliphatic carboxylic acids is 1. The van der Waals surface area contributed by atoms with Crippen molar-refractivity contribution in [3.63, 3.8) is 0 Å². The average Bonchev–Trinajstić information content (AvgIpc) is 2.46. The van der Waals surface area contributed by atoms with Crippen LogP contribution in [0.4, 0.5) is 0 Å². The maximum Gasteiger partial charge on any atom is 0.306 e. The molecule has 142 valence electrons. The number of ether oxygens (including phenoxy) is 1. The molecule has 0 amide bonds. The molecule has 1 N–H and O–H groups in total. The molecule has 4 nitrogen and oxygen atoms in total. The first-order valence-corrected chi connectivity index (χ1v) is 9.72. The zero-order valence-corrected chi connectivity index (χ0v) is 16.2. The number of carbonyl (C=O) groups excluding carboxylic acids is 1. The van der Waals surface area contributed by atoms with Crippen LogP contribution in [0.1, 0.15) is 98.3 Å². The topological polar surface area (TPSA) is 63.6 Å². The first-order valence-electron chi connectivity index (χ1n) is 9.72. The molecule has 0 aromatic rings. The normalized spacial score (nSPS) is 12.6. The SMILES string of the molecule is CC(C)CCCCCCC(CC(C)C)OC(=O)CCCCC(=O)O. The molecule has 4 heteroatoms. The molecule has 0 saturated carbocycles. The summed E-state index contributed by atoms with van der Waals surface area (Å²) in [5, 5.41) is 8.60. The van der Waals surface area contributed by atoms with Crippen molar-refractivity contribution in [2.75, 3.05) is 0 Å². The van der Waals surface area contributed by atoms with E-state index in [2.05, 4.69) is 27.7 Å². The van der Waals surface area contributed by atoms with Crippen molar-refractivity contribution in [3.8, 4) is 0 Å². The Morgan fingerprint density at radius 3 is 1.92 bits per heavy atom. The summed E-state index contributed by atoms with van der Waals surface area (Å²) in [5.41, 5.74) is 0. The molecule has 0 heterocycles. The highest BCUT2D eigenvalue weighted by atomic mass is 16.5. The van der Waals surface area contributed by atoms with Crippen LogP contribution < -0.4 is 0 Å². The number of rotatable bonds is 15. The number of hydrogen-bond donors (Lipinski definition) is 1. The van der Waals surface area contributed by atoms with Gasteiger partial charge in [-0.1, -0.05) is 53.4 Å². The summed E-state index contributed by atoms with van der Waals surface area (Å²) in [6.07, 6.45) is 9.61. The van der Waals surface area contributed by atoms with E-state index in [-0.39, 0.29) is 18.5 Å². The van der Waals surface area contributed by atoms with E-state index < -0.39 is 5.97 Å². The maximum atomic E-state index is 11.9. The van der Waals surface area contributed by atoms with Crippen molar-refractivity contribution in [1.29, 1.82) is 0 Å². The van der Waals surface area contributed by atoms with Crippen molar-refractivity contribution in [2.24, 2.45) is 11.8 Å². The van der Waals surface area contributed by atoms with Gasteiger partial charge in [-0.3, -0.25) is 9.59 Å². The molecule has 0 bridgehead atoms. The van der Waals surface area contributed by atoms with Crippen LogP contribution in [0.2, 0.25) is 0 Å². The summed E-state index contributed by atoms with van der Waals surface area (Å²) >= 11 is 0. The maximum absolute atomic E-state index is 11.9. The molecule has 0 fully saturated rings. The summed E-state index contributed by atoms with van der Waals surface area (Å²) in [7, 11) is 0. The fourth-order valence-corrected chi connectivity index (χ4v) is 2.82. The molecule has 0 rings (SSSR count). The van der Waals surface area contributed by atoms with Gasteiger partial charge in [0.1, 0.15) is 6.10 Å². The second kappa shape index (κ2) is 14.3. The Hall–Kier alpha value is -1.06. The van der Waals surface area contributed by atoms with Gasteiger partial charge in [0, 0.05) is 12.8 Å². The van der Waals surface area contributed by atoms with Gasteiger partial charge >= 0.3 is 11.9 Å². The summed E-state index contributed by atoms with van der Waals surface area (Å²) in [6, 6.07) is 0. The van der Waals surface area contributed by atoms with E-state index in [4.69, 9.17) is 9.84 Å². The zero-order chi connectivity index (χ0) is 18.4. The van der Waals surface area contributed by atoms with Gasteiger partial charge < -0.3 is 9.84 Å². The largest absolute Gasteiger partial charge is 0.481 e. The van der Waals surface area contributed by atoms with Crippen LogP contribution in [0, 0.1) is 11.8 Å². The smallest absolute Gasteiger partial charge is 0.306 e. The standard InChI is InChI=1S/C20H38O4/c1-16(2)11-7-5-6-8-12-18(15-17(3)4)24-20(23)14-10-9-13-19(21)22/h16-18H,5-15H2,1-4H3,(H,21,22). The molecule has 1 atom stereocenters. The summed E-state index contributed by atoms with van der Waals surface area (Å²) in [4.78, 5) is 22.4. The van der Waals surface area contributed by atoms with Crippen molar-refractivity contribution < 1.29 is 19.4 Å². The van der Waals surface area contributed by atoms with E-state index in [1.165, 1.54) is 25.7 Å². The third kappa shape index (κ3) is 15.8. The number of carboxylic acid groups (broad SMARTS) is 1. The Balaban J connectivity index is 3.94. The quantitative estimate of drug-likeness (QED) is 0.311. The van der Waals surface area contributed by atoms with Gasteiger partial charge in [0.2, 0.25) is 0 Å². The molecular weight excluding hydrogens is 304 g/mol. The lowest BCUT2D eigenvalue weighted by Gasteiger charge is -2.20. The third-order valence-corrected chi connectivity index (χ3v) is 4.11. The van der Waals surface area contributed by atoms with Gasteiger partial charge in [-0.25, -0.2) is 0 Å². The molecule has 24 heavy (non-hydrogen) atoms. The van der Waals surface area contributed by atoms with Crippen LogP contribution >= 0.6 is 0 Å². The molecule has 0 saturated heterocycles. The number of unbranched alkanes of at least 4 members (excludes halogenated alkanes) is 4. The number of carbonyl (C=O) groups is 2. The monoisotopic (exact) mass is 342 g/mol. The minimum Gasteiger partial charge on any atom is -0.481 e. The lowest BCUT2D eigenvalue weighted by molar-refractivity contribution is -0.150. The van der Waals surface area contributed by atoms with Crippen molar-refractivity contribution >= 4 is 11.9 Å². The number of esters is 1. The molecular formula is C20H38O4. The molecule has 0 aliphatic heterocycles. The van der Waals surface area contributed by atoms with Crippen molar-refractivity contribution in [1.82, 2.24) is 0 Å². The molecule has 0 aromatic carbocycles. The summed E-state index contributed by atoms with van der Waals surface area (Å²) in [6.45, 7) is 8.82. The Morgan fingerprint density at radius 1 is 0.792 bits per heavy atom. The van der Waals surface area contributed by atoms with E-state index in [1.807, 2.05) is 0 Å². The van der Waals surface area contributed by atoms with Gasteiger partial charge in [-0.2, -0.15) is 0 Å². The van der Waals surface area contributed by atoms with Crippen LogP contribution in [0.3, 0.4) is 0 Å². The lowest BCUT2D eigenvalue weighted by atomic mass is 9.99. The predicted octanol–water partition coefficient (Wildman–Crippen LogP) is 5.59. The van der Waals surface area contributed by atoms with E-state index in [0.29, 0.717) is 25.2 Å². The van der Waals surface area contributed by atoms with Gasteiger partial charge in [-0.05, 0) is 43.9 Å². The van der Waals surface area contributed by atoms with Crippen molar-refractivity contribution in [3.05, 3.63) is 0 Å². The second-order valence-electron chi connectivity index (χ2n) is 7.73. The predicted molar refractivity (Wildman–Crippen MR) is 98.0 cm³/mol. The molecule has 0 spiro atoms. The van der Waals surface area contributed by atoms with Gasteiger partial charge in [0.05, 0.1) is 0 Å². The highest BCUT2D eigenvalue weighted by Gasteiger charge is 2.16. The van der Waals surface area contributed by atoms with E-state index in [0.717, 1.165) is 25.2 Å². The van der Waals surface area contributed by atoms with Gasteiger partial charge in [0.25, 0.3) is 0 Å². The average molecular weight is 343 g/mol. The summed E-state index contributed by atoms with van der Waals surface area (Å²) < 4.78 is 5.63. The highest BCUT2D eigenvalue weighted by molar-refractivity contribution is 5.70. The van der Waals surface area contributed by atoms with E-state index >= 15 is 0 Å². The molecule has 0 radical (unpaired) electrons. The minimum absolute atomic E-state index is 0.0158. The van der Waals surface area contributed by atoms with Gasteiger partial charge in [0.15, 0.2) is 0 Å². The number of hydrogen-bond acceptors (Lipinski definition) is 3. The number of carboxylic acids is 1. The fourth-order valence-electron chi connectivity index (χ4n) is 2.82.